The molecule has 1 N–H and O–H groups in total. The molecule has 2 nitrogen and oxygen atoms in total. The summed E-state index contributed by atoms with van der Waals surface area (Å²) in [5.74, 6) is 0. The van der Waals surface area contributed by atoms with Gasteiger partial charge in [-0.25, -0.2) is 0 Å². The summed E-state index contributed by atoms with van der Waals surface area (Å²) in [5.41, 5.74) is 2.99. The normalized spacial score (nSPS) is 23.8. The summed E-state index contributed by atoms with van der Waals surface area (Å²) in [7, 11) is 0. The predicted octanol–water partition coefficient (Wildman–Crippen LogP) is 3.22. The van der Waals surface area contributed by atoms with E-state index < -0.39 is 0 Å². The zero-order chi connectivity index (χ0) is 13.2. The molecule has 0 bridgehead atoms. The van der Waals surface area contributed by atoms with E-state index in [4.69, 9.17) is 0 Å². The lowest BCUT2D eigenvalue weighted by Gasteiger charge is -2.42. The Morgan fingerprint density at radius 1 is 1.28 bits per heavy atom. The first kappa shape index (κ1) is 13.4. The lowest BCUT2D eigenvalue weighted by atomic mass is 9.96. The average molecular weight is 246 g/mol. The molecule has 18 heavy (non-hydrogen) atoms. The van der Waals surface area contributed by atoms with Gasteiger partial charge in [0.1, 0.15) is 0 Å². The Bertz CT molecular complexity index is 381. The molecule has 0 aromatic heterocycles. The van der Waals surface area contributed by atoms with E-state index in [9.17, 15) is 0 Å². The van der Waals surface area contributed by atoms with Crippen LogP contribution in [0.15, 0.2) is 24.3 Å². The van der Waals surface area contributed by atoms with Crippen LogP contribution in [0.25, 0.3) is 0 Å². The first-order valence-corrected chi connectivity index (χ1v) is 7.13. The standard InChI is InChI=1S/C16H26N2/c1-5-14-6-8-15(9-7-14)18-13(2)12-17-11-10-16(18,3)4/h6-9,13,17H,5,10-12H2,1-4H3. The minimum Gasteiger partial charge on any atom is -0.362 e. The van der Waals surface area contributed by atoms with Crippen LogP contribution in [0.4, 0.5) is 5.69 Å². The van der Waals surface area contributed by atoms with Gasteiger partial charge in [-0.3, -0.25) is 0 Å². The molecule has 1 aromatic carbocycles. The summed E-state index contributed by atoms with van der Waals surface area (Å²) >= 11 is 0. The molecule has 1 fully saturated rings. The largest absolute Gasteiger partial charge is 0.362 e. The Hall–Kier alpha value is -1.02. The van der Waals surface area contributed by atoms with Crippen molar-refractivity contribution in [3.05, 3.63) is 29.8 Å². The van der Waals surface area contributed by atoms with Gasteiger partial charge in [-0.15, -0.1) is 0 Å². The predicted molar refractivity (Wildman–Crippen MR) is 79.3 cm³/mol. The van der Waals surface area contributed by atoms with Gasteiger partial charge in [-0.05, 0) is 57.9 Å². The van der Waals surface area contributed by atoms with Crippen LogP contribution in [0.2, 0.25) is 0 Å². The Morgan fingerprint density at radius 3 is 2.56 bits per heavy atom. The van der Waals surface area contributed by atoms with E-state index in [2.05, 4.69) is 62.2 Å². The van der Waals surface area contributed by atoms with E-state index in [1.54, 1.807) is 0 Å². The van der Waals surface area contributed by atoms with Crippen molar-refractivity contribution < 1.29 is 0 Å². The number of nitrogens with one attached hydrogen (secondary N) is 1. The van der Waals surface area contributed by atoms with Crippen LogP contribution in [0.5, 0.6) is 0 Å². The molecule has 2 heteroatoms. The van der Waals surface area contributed by atoms with Crippen LogP contribution in [0.1, 0.15) is 39.7 Å². The van der Waals surface area contributed by atoms with Gasteiger partial charge < -0.3 is 10.2 Å². The second-order valence-corrected chi connectivity index (χ2v) is 6.01. The number of rotatable bonds is 2. The van der Waals surface area contributed by atoms with E-state index >= 15 is 0 Å². The second kappa shape index (κ2) is 5.31. The van der Waals surface area contributed by atoms with Crippen molar-refractivity contribution in [2.45, 2.75) is 52.1 Å². The van der Waals surface area contributed by atoms with Crippen molar-refractivity contribution in [1.29, 1.82) is 0 Å². The van der Waals surface area contributed by atoms with Gasteiger partial charge in [0.2, 0.25) is 0 Å². The Balaban J connectivity index is 2.31. The van der Waals surface area contributed by atoms with Gasteiger partial charge in [0.05, 0.1) is 0 Å². The van der Waals surface area contributed by atoms with Crippen molar-refractivity contribution >= 4 is 5.69 Å². The van der Waals surface area contributed by atoms with Crippen LogP contribution < -0.4 is 10.2 Å². The van der Waals surface area contributed by atoms with Crippen molar-refractivity contribution in [2.75, 3.05) is 18.0 Å². The lowest BCUT2D eigenvalue weighted by Crippen LogP contribution is -2.49. The van der Waals surface area contributed by atoms with Gasteiger partial charge >= 0.3 is 0 Å². The van der Waals surface area contributed by atoms with Gasteiger partial charge in [-0.2, -0.15) is 0 Å². The van der Waals surface area contributed by atoms with Gasteiger partial charge in [0.15, 0.2) is 0 Å². The summed E-state index contributed by atoms with van der Waals surface area (Å²) < 4.78 is 0. The van der Waals surface area contributed by atoms with E-state index in [0.717, 1.165) is 19.5 Å². The van der Waals surface area contributed by atoms with Crippen molar-refractivity contribution in [3.8, 4) is 0 Å². The molecule has 1 aromatic rings. The highest BCUT2D eigenvalue weighted by Gasteiger charge is 2.32. The highest BCUT2D eigenvalue weighted by atomic mass is 15.2. The Morgan fingerprint density at radius 2 is 1.94 bits per heavy atom. The quantitative estimate of drug-likeness (QED) is 0.862. The van der Waals surface area contributed by atoms with Crippen LogP contribution in [-0.4, -0.2) is 24.7 Å². The SMILES string of the molecule is CCc1ccc(N2C(C)CNCCC2(C)C)cc1. The monoisotopic (exact) mass is 246 g/mol. The third-order valence-electron chi connectivity index (χ3n) is 4.07. The molecule has 0 amide bonds. The highest BCUT2D eigenvalue weighted by molar-refractivity contribution is 5.51. The average Bonchev–Trinajstić information content (AvgIpc) is 2.48. The Labute approximate surface area is 111 Å². The smallest absolute Gasteiger partial charge is 0.0391 e. The van der Waals surface area contributed by atoms with E-state index in [1.165, 1.54) is 17.7 Å². The lowest BCUT2D eigenvalue weighted by molar-refractivity contribution is 0.426. The maximum atomic E-state index is 3.53. The molecule has 1 aliphatic rings. The number of benzene rings is 1. The molecule has 1 heterocycles. The topological polar surface area (TPSA) is 15.3 Å². The van der Waals surface area contributed by atoms with Crippen LogP contribution in [-0.2, 0) is 6.42 Å². The maximum Gasteiger partial charge on any atom is 0.0391 e. The fraction of sp³-hybridized carbons (Fsp3) is 0.625. The number of anilines is 1. The van der Waals surface area contributed by atoms with E-state index in [-0.39, 0.29) is 5.54 Å². The molecular weight excluding hydrogens is 220 g/mol. The van der Waals surface area contributed by atoms with Gasteiger partial charge in [0, 0.05) is 23.8 Å². The zero-order valence-corrected chi connectivity index (χ0v) is 12.2. The number of hydrogen-bond acceptors (Lipinski definition) is 2. The zero-order valence-electron chi connectivity index (χ0n) is 12.2. The second-order valence-electron chi connectivity index (χ2n) is 6.01. The first-order valence-electron chi connectivity index (χ1n) is 7.13. The Kier molecular flexibility index (Phi) is 3.96. The van der Waals surface area contributed by atoms with Crippen molar-refractivity contribution in [1.82, 2.24) is 5.32 Å². The molecule has 1 aliphatic heterocycles. The minimum atomic E-state index is 0.219. The molecule has 0 saturated carbocycles. The molecular formula is C16H26N2. The molecule has 0 aliphatic carbocycles. The molecule has 1 atom stereocenters. The summed E-state index contributed by atoms with van der Waals surface area (Å²) in [6.45, 7) is 11.4. The molecule has 1 unspecified atom stereocenters. The fourth-order valence-electron chi connectivity index (χ4n) is 3.01. The van der Waals surface area contributed by atoms with Crippen LogP contribution in [0.3, 0.4) is 0 Å². The minimum absolute atomic E-state index is 0.219. The number of nitrogens with zero attached hydrogens (tertiary/aromatic N) is 1. The maximum absolute atomic E-state index is 3.53. The molecule has 0 radical (unpaired) electrons. The third kappa shape index (κ3) is 2.69. The van der Waals surface area contributed by atoms with Gasteiger partial charge in [0.25, 0.3) is 0 Å². The molecule has 2 rings (SSSR count). The fourth-order valence-corrected chi connectivity index (χ4v) is 3.01. The number of hydrogen-bond donors (Lipinski definition) is 1. The van der Waals surface area contributed by atoms with Gasteiger partial charge in [-0.1, -0.05) is 19.1 Å². The molecule has 1 saturated heterocycles. The third-order valence-corrected chi connectivity index (χ3v) is 4.07. The highest BCUT2D eigenvalue weighted by Crippen LogP contribution is 2.30. The first-order chi connectivity index (χ1) is 8.54. The molecule has 0 spiro atoms. The summed E-state index contributed by atoms with van der Waals surface area (Å²) in [6, 6.07) is 9.62. The van der Waals surface area contributed by atoms with Crippen LogP contribution >= 0.6 is 0 Å². The van der Waals surface area contributed by atoms with Crippen LogP contribution in [0, 0.1) is 0 Å². The van der Waals surface area contributed by atoms with E-state index in [0.29, 0.717) is 6.04 Å². The summed E-state index contributed by atoms with van der Waals surface area (Å²) in [5, 5.41) is 3.53. The summed E-state index contributed by atoms with van der Waals surface area (Å²) in [6.07, 6.45) is 2.30. The van der Waals surface area contributed by atoms with E-state index in [1.807, 2.05) is 0 Å². The van der Waals surface area contributed by atoms with Crippen molar-refractivity contribution in [2.24, 2.45) is 0 Å². The molecule has 100 valence electrons. The number of aryl methyl sites for hydroxylation is 1. The summed E-state index contributed by atoms with van der Waals surface area (Å²) in [4.78, 5) is 2.58. The van der Waals surface area contributed by atoms with Crippen molar-refractivity contribution in [3.63, 3.8) is 0 Å².